The van der Waals surface area contributed by atoms with Gasteiger partial charge in [0.25, 0.3) is 5.91 Å². The van der Waals surface area contributed by atoms with Crippen molar-refractivity contribution < 1.29 is 14.6 Å². The summed E-state index contributed by atoms with van der Waals surface area (Å²) in [4.78, 5) is 14.4. The van der Waals surface area contributed by atoms with E-state index >= 15 is 0 Å². The van der Waals surface area contributed by atoms with E-state index in [-0.39, 0.29) is 12.5 Å². The van der Waals surface area contributed by atoms with Crippen LogP contribution in [0.2, 0.25) is 5.02 Å². The van der Waals surface area contributed by atoms with Crippen LogP contribution in [0.3, 0.4) is 0 Å². The number of thiophene rings is 2. The van der Waals surface area contributed by atoms with Gasteiger partial charge in [0.1, 0.15) is 11.9 Å². The summed E-state index contributed by atoms with van der Waals surface area (Å²) in [6.07, 6.45) is -0.766. The fraction of sp³-hybridized carbons (Fsp3) is 0.250. The van der Waals surface area contributed by atoms with Crippen LogP contribution in [0.4, 0.5) is 0 Å². The first-order valence-corrected chi connectivity index (χ1v) is 10.5. The highest BCUT2D eigenvalue weighted by Crippen LogP contribution is 2.32. The smallest absolute Gasteiger partial charge is 0.263 e. The van der Waals surface area contributed by atoms with Crippen LogP contribution >= 0.6 is 34.3 Å². The van der Waals surface area contributed by atoms with E-state index < -0.39 is 11.7 Å². The summed E-state index contributed by atoms with van der Waals surface area (Å²) in [5.74, 6) is 0.255. The average molecular weight is 422 g/mol. The Morgan fingerprint density at radius 1 is 1.22 bits per heavy atom. The van der Waals surface area contributed by atoms with Gasteiger partial charge in [-0.05, 0) is 67.1 Å². The van der Waals surface area contributed by atoms with Gasteiger partial charge in [0.05, 0.1) is 0 Å². The quantitative estimate of drug-likeness (QED) is 0.555. The van der Waals surface area contributed by atoms with Crippen LogP contribution in [-0.4, -0.2) is 23.2 Å². The third kappa shape index (κ3) is 5.11. The maximum atomic E-state index is 12.5. The number of benzene rings is 1. The summed E-state index contributed by atoms with van der Waals surface area (Å²) in [6, 6.07) is 12.8. The van der Waals surface area contributed by atoms with Crippen molar-refractivity contribution in [1.82, 2.24) is 5.32 Å². The lowest BCUT2D eigenvalue weighted by Gasteiger charge is -2.26. The van der Waals surface area contributed by atoms with Gasteiger partial charge in [0.15, 0.2) is 5.60 Å². The third-order valence-electron chi connectivity index (χ3n) is 3.95. The van der Waals surface area contributed by atoms with E-state index in [0.29, 0.717) is 10.8 Å². The number of ether oxygens (including phenoxy) is 1. The van der Waals surface area contributed by atoms with Crippen molar-refractivity contribution in [3.05, 3.63) is 63.1 Å². The largest absolute Gasteiger partial charge is 0.478 e. The van der Waals surface area contributed by atoms with Crippen LogP contribution < -0.4 is 10.1 Å². The maximum absolute atomic E-state index is 12.5. The van der Waals surface area contributed by atoms with E-state index in [1.165, 1.54) is 11.3 Å². The van der Waals surface area contributed by atoms with E-state index in [9.17, 15) is 9.90 Å². The Labute approximate surface area is 171 Å². The molecule has 0 spiro atoms. The first kappa shape index (κ1) is 19.9. The molecule has 2 aromatic heterocycles. The van der Waals surface area contributed by atoms with Crippen LogP contribution in [-0.2, 0) is 4.79 Å². The molecule has 7 heteroatoms. The summed E-state index contributed by atoms with van der Waals surface area (Å²) >= 11 is 9.02. The zero-order chi connectivity index (χ0) is 19.4. The number of aliphatic hydroxyl groups is 1. The van der Waals surface area contributed by atoms with Crippen molar-refractivity contribution in [2.75, 3.05) is 6.54 Å². The zero-order valence-corrected chi connectivity index (χ0v) is 17.3. The molecule has 0 saturated heterocycles. The zero-order valence-electron chi connectivity index (χ0n) is 14.9. The lowest BCUT2D eigenvalue weighted by atomic mass is 10.1. The molecule has 2 N–H and O–H groups in total. The number of carbonyl (C=O) groups is 1. The SMILES string of the molecule is CC(C)(Oc1ccc(Cl)cc1)C(=O)NCC(O)c1ccc(-c2ccsc2)s1. The van der Waals surface area contributed by atoms with E-state index in [4.69, 9.17) is 16.3 Å². The molecular weight excluding hydrogens is 402 g/mol. The molecule has 142 valence electrons. The Hall–Kier alpha value is -1.86. The highest BCUT2D eigenvalue weighted by molar-refractivity contribution is 7.16. The van der Waals surface area contributed by atoms with Crippen molar-refractivity contribution in [3.63, 3.8) is 0 Å². The van der Waals surface area contributed by atoms with Crippen LogP contribution in [0, 0.1) is 0 Å². The molecule has 0 aliphatic rings. The van der Waals surface area contributed by atoms with Gasteiger partial charge in [-0.2, -0.15) is 11.3 Å². The van der Waals surface area contributed by atoms with Crippen LogP contribution in [0.15, 0.2) is 53.2 Å². The molecule has 0 radical (unpaired) electrons. The van der Waals surface area contributed by atoms with Gasteiger partial charge in [-0.25, -0.2) is 0 Å². The monoisotopic (exact) mass is 421 g/mol. The van der Waals surface area contributed by atoms with Crippen LogP contribution in [0.25, 0.3) is 10.4 Å². The fourth-order valence-electron chi connectivity index (χ4n) is 2.44. The Morgan fingerprint density at radius 2 is 1.96 bits per heavy atom. The van der Waals surface area contributed by atoms with Crippen LogP contribution in [0.1, 0.15) is 24.8 Å². The lowest BCUT2D eigenvalue weighted by Crippen LogP contribution is -2.47. The normalized spacial score (nSPS) is 12.6. The van der Waals surface area contributed by atoms with Crippen molar-refractivity contribution in [2.45, 2.75) is 25.6 Å². The molecule has 0 aliphatic carbocycles. The standard InChI is InChI=1S/C20H20ClNO3S2/c1-20(2,25-15-5-3-14(21)4-6-15)19(24)22-11-16(23)18-8-7-17(27-18)13-9-10-26-12-13/h3-10,12,16,23H,11H2,1-2H3,(H,22,24). The minimum atomic E-state index is -1.08. The summed E-state index contributed by atoms with van der Waals surface area (Å²) in [6.45, 7) is 3.49. The Balaban J connectivity index is 1.56. The van der Waals surface area contributed by atoms with Gasteiger partial charge in [0, 0.05) is 26.9 Å². The summed E-state index contributed by atoms with van der Waals surface area (Å²) in [5.41, 5.74) is 0.0650. The maximum Gasteiger partial charge on any atom is 0.263 e. The highest BCUT2D eigenvalue weighted by atomic mass is 35.5. The Kier molecular flexibility index (Phi) is 6.22. The predicted octanol–water partition coefficient (Wildman–Crippen LogP) is 5.14. The van der Waals surface area contributed by atoms with Crippen molar-refractivity contribution in [3.8, 4) is 16.2 Å². The minimum Gasteiger partial charge on any atom is -0.478 e. The molecule has 4 nitrogen and oxygen atoms in total. The van der Waals surface area contributed by atoms with Crippen molar-refractivity contribution >= 4 is 40.2 Å². The molecule has 0 aliphatic heterocycles. The van der Waals surface area contributed by atoms with E-state index in [0.717, 1.165) is 15.3 Å². The fourth-order valence-corrected chi connectivity index (χ4v) is 4.28. The Bertz CT molecular complexity index is 888. The summed E-state index contributed by atoms with van der Waals surface area (Å²) < 4.78 is 5.76. The molecule has 0 fully saturated rings. The molecule has 1 aromatic carbocycles. The van der Waals surface area contributed by atoms with Gasteiger partial charge in [-0.3, -0.25) is 4.79 Å². The molecule has 0 saturated carbocycles. The number of halogens is 1. The highest BCUT2D eigenvalue weighted by Gasteiger charge is 2.30. The molecule has 3 aromatic rings. The summed E-state index contributed by atoms with van der Waals surface area (Å²) in [5, 5.41) is 17.9. The number of amides is 1. The van der Waals surface area contributed by atoms with Crippen molar-refractivity contribution in [1.29, 1.82) is 0 Å². The topological polar surface area (TPSA) is 58.6 Å². The van der Waals surface area contributed by atoms with Gasteiger partial charge < -0.3 is 15.2 Å². The van der Waals surface area contributed by atoms with E-state index in [2.05, 4.69) is 10.7 Å². The molecule has 1 atom stereocenters. The second-order valence-electron chi connectivity index (χ2n) is 6.51. The summed E-state index contributed by atoms with van der Waals surface area (Å²) in [7, 11) is 0. The predicted molar refractivity (Wildman–Crippen MR) is 112 cm³/mol. The van der Waals surface area contributed by atoms with E-state index in [1.807, 2.05) is 23.6 Å². The number of rotatable bonds is 7. The molecular formula is C20H20ClNO3S2. The van der Waals surface area contributed by atoms with E-state index in [1.54, 1.807) is 49.4 Å². The van der Waals surface area contributed by atoms with Crippen molar-refractivity contribution in [2.24, 2.45) is 0 Å². The first-order chi connectivity index (χ1) is 12.8. The second-order valence-corrected chi connectivity index (χ2v) is 8.84. The minimum absolute atomic E-state index is 0.121. The van der Waals surface area contributed by atoms with Gasteiger partial charge in [-0.1, -0.05) is 11.6 Å². The number of nitrogens with one attached hydrogen (secondary N) is 1. The molecule has 1 amide bonds. The third-order valence-corrected chi connectivity index (χ3v) is 6.12. The number of hydrogen-bond donors (Lipinski definition) is 2. The number of carbonyl (C=O) groups excluding carboxylic acids is 1. The van der Waals surface area contributed by atoms with Gasteiger partial charge >= 0.3 is 0 Å². The number of aliphatic hydroxyl groups excluding tert-OH is 1. The average Bonchev–Trinajstić information content (AvgIpc) is 3.32. The second kappa shape index (κ2) is 8.44. The molecule has 27 heavy (non-hydrogen) atoms. The van der Waals surface area contributed by atoms with Gasteiger partial charge in [-0.15, -0.1) is 11.3 Å². The molecule has 2 heterocycles. The lowest BCUT2D eigenvalue weighted by molar-refractivity contribution is -0.134. The van der Waals surface area contributed by atoms with Gasteiger partial charge in [0.2, 0.25) is 0 Å². The molecule has 1 unspecified atom stereocenters. The van der Waals surface area contributed by atoms with Crippen LogP contribution in [0.5, 0.6) is 5.75 Å². The first-order valence-electron chi connectivity index (χ1n) is 8.38. The number of hydrogen-bond acceptors (Lipinski definition) is 5. The molecule has 0 bridgehead atoms. The molecule has 3 rings (SSSR count). The Morgan fingerprint density at radius 3 is 2.63 bits per heavy atom.